The van der Waals surface area contributed by atoms with E-state index >= 15 is 0 Å². The highest BCUT2D eigenvalue weighted by Gasteiger charge is 2.59. The van der Waals surface area contributed by atoms with E-state index in [1.165, 1.54) is 26.0 Å². The van der Waals surface area contributed by atoms with Crippen molar-refractivity contribution in [2.45, 2.75) is 38.9 Å². The maximum absolute atomic E-state index is 14.6. The van der Waals surface area contributed by atoms with E-state index in [4.69, 9.17) is 6.57 Å². The van der Waals surface area contributed by atoms with Crippen LogP contribution in [0, 0.1) is 17.8 Å². The van der Waals surface area contributed by atoms with Gasteiger partial charge in [0.2, 0.25) is 5.91 Å². The Morgan fingerprint density at radius 3 is 2.70 bits per heavy atom. The second kappa shape index (κ2) is 5.00. The van der Waals surface area contributed by atoms with Crippen molar-refractivity contribution in [3.8, 4) is 0 Å². The molecule has 6 heteroatoms. The molecule has 2 saturated heterocycles. The average molecular weight is 319 g/mol. The fourth-order valence-electron chi connectivity index (χ4n) is 3.41. The molecule has 2 aliphatic heterocycles. The molecule has 0 spiro atoms. The molecule has 0 bridgehead atoms. The van der Waals surface area contributed by atoms with Gasteiger partial charge in [-0.15, -0.1) is 0 Å². The standard InChI is InChI=1S/C17H19F2N3O/c1-16(2,19)17(3)10-21-6-5-14(22(21)15(17)23)11-7-12(18)9-13(8-11)20-4/h7-9,14H,5-6,10H2,1-3H3/t14-,17-/m1/s1. The van der Waals surface area contributed by atoms with E-state index in [1.807, 2.05) is 5.01 Å². The molecule has 3 rings (SSSR count). The minimum atomic E-state index is -1.65. The van der Waals surface area contributed by atoms with Crippen molar-refractivity contribution in [3.05, 3.63) is 41.0 Å². The molecule has 2 fully saturated rings. The lowest BCUT2D eigenvalue weighted by Crippen LogP contribution is -2.46. The van der Waals surface area contributed by atoms with Gasteiger partial charge in [-0.25, -0.2) is 18.6 Å². The molecule has 1 aromatic carbocycles. The van der Waals surface area contributed by atoms with Crippen LogP contribution >= 0.6 is 0 Å². The van der Waals surface area contributed by atoms with Crippen LogP contribution in [0.25, 0.3) is 4.85 Å². The topological polar surface area (TPSA) is 27.9 Å². The lowest BCUT2D eigenvalue weighted by atomic mass is 9.76. The Balaban J connectivity index is 1.98. The van der Waals surface area contributed by atoms with Crippen molar-refractivity contribution in [1.29, 1.82) is 0 Å². The van der Waals surface area contributed by atoms with Crippen LogP contribution in [0.2, 0.25) is 0 Å². The monoisotopic (exact) mass is 319 g/mol. The van der Waals surface area contributed by atoms with E-state index < -0.39 is 16.9 Å². The van der Waals surface area contributed by atoms with Crippen LogP contribution in [0.5, 0.6) is 0 Å². The van der Waals surface area contributed by atoms with E-state index in [0.29, 0.717) is 25.1 Å². The Labute approximate surface area is 134 Å². The van der Waals surface area contributed by atoms with E-state index in [9.17, 15) is 13.6 Å². The number of hydrogen-bond acceptors (Lipinski definition) is 2. The molecule has 0 aliphatic carbocycles. The van der Waals surface area contributed by atoms with Gasteiger partial charge in [-0.1, -0.05) is 6.07 Å². The number of hydrogen-bond donors (Lipinski definition) is 0. The van der Waals surface area contributed by atoms with Crippen LogP contribution in [0.3, 0.4) is 0 Å². The number of benzene rings is 1. The number of hydrazine groups is 1. The van der Waals surface area contributed by atoms with E-state index in [0.717, 1.165) is 0 Å². The Morgan fingerprint density at radius 1 is 1.39 bits per heavy atom. The van der Waals surface area contributed by atoms with Gasteiger partial charge in [-0.05, 0) is 44.9 Å². The number of nitrogens with zero attached hydrogens (tertiary/aromatic N) is 3. The Hall–Kier alpha value is -2.00. The average Bonchev–Trinajstić information content (AvgIpc) is 2.97. The number of rotatable bonds is 2. The summed E-state index contributed by atoms with van der Waals surface area (Å²) in [6, 6.07) is 3.78. The summed E-state index contributed by atoms with van der Waals surface area (Å²) in [4.78, 5) is 16.1. The van der Waals surface area contributed by atoms with Crippen molar-refractivity contribution in [1.82, 2.24) is 10.0 Å². The molecule has 4 nitrogen and oxygen atoms in total. The van der Waals surface area contributed by atoms with Crippen LogP contribution < -0.4 is 0 Å². The highest BCUT2D eigenvalue weighted by Crippen LogP contribution is 2.48. The fraction of sp³-hybridized carbons (Fsp3) is 0.529. The third kappa shape index (κ3) is 2.31. The zero-order valence-corrected chi connectivity index (χ0v) is 13.4. The van der Waals surface area contributed by atoms with Gasteiger partial charge in [0.15, 0.2) is 5.69 Å². The van der Waals surface area contributed by atoms with Gasteiger partial charge in [0.25, 0.3) is 0 Å². The second-order valence-electron chi connectivity index (χ2n) is 7.00. The number of alkyl halides is 1. The fourth-order valence-corrected chi connectivity index (χ4v) is 3.41. The minimum absolute atomic E-state index is 0.207. The zero-order chi connectivity index (χ0) is 17.0. The Morgan fingerprint density at radius 2 is 2.09 bits per heavy atom. The molecular formula is C17H19F2N3O. The van der Waals surface area contributed by atoms with Crippen molar-refractivity contribution in [3.63, 3.8) is 0 Å². The summed E-state index contributed by atoms with van der Waals surface area (Å²) in [5.74, 6) is -0.770. The first-order valence-corrected chi connectivity index (χ1v) is 7.63. The number of carbonyl (C=O) groups is 1. The molecule has 2 heterocycles. The van der Waals surface area contributed by atoms with E-state index in [2.05, 4.69) is 4.85 Å². The largest absolute Gasteiger partial charge is 0.273 e. The van der Waals surface area contributed by atoms with Gasteiger partial charge >= 0.3 is 0 Å². The van der Waals surface area contributed by atoms with Crippen LogP contribution in [0.1, 0.15) is 38.8 Å². The zero-order valence-electron chi connectivity index (χ0n) is 13.4. The molecule has 2 aliphatic rings. The summed E-state index contributed by atoms with van der Waals surface area (Å²) in [5.41, 5.74) is -1.98. The number of halogens is 2. The summed E-state index contributed by atoms with van der Waals surface area (Å²) >= 11 is 0. The molecule has 0 unspecified atom stereocenters. The highest BCUT2D eigenvalue weighted by atomic mass is 19.1. The molecule has 1 aromatic rings. The second-order valence-corrected chi connectivity index (χ2v) is 7.00. The third-order valence-corrected chi connectivity index (χ3v) is 5.17. The minimum Gasteiger partial charge on any atom is -0.273 e. The number of amides is 1. The highest BCUT2D eigenvalue weighted by molar-refractivity contribution is 5.86. The number of carbonyl (C=O) groups excluding carboxylic acids is 1. The van der Waals surface area contributed by atoms with Gasteiger partial charge in [0.1, 0.15) is 11.5 Å². The summed E-state index contributed by atoms with van der Waals surface area (Å²) in [6.45, 7) is 12.5. The van der Waals surface area contributed by atoms with Crippen LogP contribution in [-0.2, 0) is 4.79 Å². The van der Waals surface area contributed by atoms with Crippen LogP contribution in [0.15, 0.2) is 18.2 Å². The van der Waals surface area contributed by atoms with Gasteiger partial charge in [0.05, 0.1) is 18.0 Å². The first-order chi connectivity index (χ1) is 10.7. The molecule has 2 atom stereocenters. The first kappa shape index (κ1) is 15.9. The SMILES string of the molecule is [C-]#[N+]c1cc(F)cc([C@H]2CCN3C[C@@](C)(C(C)(C)F)C(=O)N23)c1. The van der Waals surface area contributed by atoms with E-state index in [-0.39, 0.29) is 17.6 Å². The summed E-state index contributed by atoms with van der Waals surface area (Å²) < 4.78 is 28.3. The summed E-state index contributed by atoms with van der Waals surface area (Å²) in [5, 5.41) is 3.40. The summed E-state index contributed by atoms with van der Waals surface area (Å²) in [7, 11) is 0. The lowest BCUT2D eigenvalue weighted by molar-refractivity contribution is -0.147. The molecule has 0 saturated carbocycles. The van der Waals surface area contributed by atoms with Crippen LogP contribution in [0.4, 0.5) is 14.5 Å². The molecule has 0 aromatic heterocycles. The van der Waals surface area contributed by atoms with Gasteiger partial charge < -0.3 is 0 Å². The van der Waals surface area contributed by atoms with Crippen molar-refractivity contribution in [2.75, 3.05) is 13.1 Å². The van der Waals surface area contributed by atoms with Crippen molar-refractivity contribution < 1.29 is 13.6 Å². The van der Waals surface area contributed by atoms with Gasteiger partial charge in [0, 0.05) is 13.1 Å². The van der Waals surface area contributed by atoms with Gasteiger partial charge in [-0.2, -0.15) is 0 Å². The van der Waals surface area contributed by atoms with E-state index in [1.54, 1.807) is 18.0 Å². The molecule has 0 N–H and O–H groups in total. The van der Waals surface area contributed by atoms with Crippen molar-refractivity contribution >= 4 is 11.6 Å². The number of fused-ring (bicyclic) bond motifs is 1. The maximum atomic E-state index is 14.6. The predicted octanol–water partition coefficient (Wildman–Crippen LogP) is 3.63. The Bertz CT molecular complexity index is 707. The normalized spacial score (nSPS) is 28.1. The molecule has 1 amide bonds. The Kier molecular flexibility index (Phi) is 3.45. The molecular weight excluding hydrogens is 300 g/mol. The quantitative estimate of drug-likeness (QED) is 0.779. The molecule has 122 valence electrons. The molecule has 0 radical (unpaired) electrons. The summed E-state index contributed by atoms with van der Waals surface area (Å²) in [6.07, 6.45) is 0.648. The lowest BCUT2D eigenvalue weighted by Gasteiger charge is -2.33. The first-order valence-electron chi connectivity index (χ1n) is 7.63. The van der Waals surface area contributed by atoms with Gasteiger partial charge in [-0.3, -0.25) is 9.80 Å². The predicted molar refractivity (Wildman–Crippen MR) is 81.7 cm³/mol. The maximum Gasteiger partial charge on any atom is 0.247 e. The third-order valence-electron chi connectivity index (χ3n) is 5.17. The van der Waals surface area contributed by atoms with Crippen molar-refractivity contribution in [2.24, 2.45) is 5.41 Å². The smallest absolute Gasteiger partial charge is 0.247 e. The van der Waals surface area contributed by atoms with Crippen LogP contribution in [-0.4, -0.2) is 34.7 Å². The molecule has 23 heavy (non-hydrogen) atoms.